The molecule has 1 amide bonds. The van der Waals surface area contributed by atoms with Gasteiger partial charge in [0.2, 0.25) is 5.91 Å². The SMILES string of the molecule is Cn1cnc(S(=O)(=O)N=S2(=O)CCC3(CC2)CC(NC(=O)C2CC2F)CCO3)c1. The molecule has 3 heterocycles. The fourth-order valence-electron chi connectivity index (χ4n) is 3.97. The number of amides is 1. The molecule has 1 spiro atoms. The van der Waals surface area contributed by atoms with Gasteiger partial charge in [-0.05, 0) is 32.1 Å². The summed E-state index contributed by atoms with van der Waals surface area (Å²) < 4.78 is 62.2. The number of carbonyl (C=O) groups is 1. The van der Waals surface area contributed by atoms with Crippen LogP contribution < -0.4 is 5.32 Å². The smallest absolute Gasteiger partial charge is 0.309 e. The molecular weight excluding hydrogens is 423 g/mol. The highest BCUT2D eigenvalue weighted by atomic mass is 32.3. The summed E-state index contributed by atoms with van der Waals surface area (Å²) in [6.07, 6.45) is 3.91. The first-order valence-corrected chi connectivity index (χ1v) is 12.9. The number of aromatic nitrogens is 2. The molecule has 0 aromatic carbocycles. The number of hydrogen-bond donors (Lipinski definition) is 1. The van der Waals surface area contributed by atoms with Gasteiger partial charge in [-0.15, -0.1) is 3.77 Å². The highest BCUT2D eigenvalue weighted by molar-refractivity contribution is 8.03. The molecule has 29 heavy (non-hydrogen) atoms. The summed E-state index contributed by atoms with van der Waals surface area (Å²) in [5.41, 5.74) is -0.556. The number of carbonyl (C=O) groups excluding carboxylic acids is 1. The third-order valence-electron chi connectivity index (χ3n) is 5.82. The Morgan fingerprint density at radius 3 is 2.72 bits per heavy atom. The van der Waals surface area contributed by atoms with E-state index in [4.69, 9.17) is 4.74 Å². The second kappa shape index (κ2) is 7.31. The van der Waals surface area contributed by atoms with Crippen LogP contribution in [0.25, 0.3) is 0 Å². The zero-order valence-corrected chi connectivity index (χ0v) is 17.8. The van der Waals surface area contributed by atoms with E-state index in [1.165, 1.54) is 17.1 Å². The highest BCUT2D eigenvalue weighted by Crippen LogP contribution is 2.38. The molecule has 3 fully saturated rings. The molecule has 2 saturated heterocycles. The summed E-state index contributed by atoms with van der Waals surface area (Å²) in [6, 6.07) is -0.118. The molecule has 9 nitrogen and oxygen atoms in total. The quantitative estimate of drug-likeness (QED) is 0.726. The fourth-order valence-corrected chi connectivity index (χ4v) is 8.37. The number of hydrogen-bond acceptors (Lipinski definition) is 6. The number of alkyl halides is 1. The molecule has 1 aromatic heterocycles. The molecule has 0 radical (unpaired) electrons. The highest BCUT2D eigenvalue weighted by Gasteiger charge is 2.46. The van der Waals surface area contributed by atoms with Gasteiger partial charge in [-0.2, -0.15) is 8.42 Å². The van der Waals surface area contributed by atoms with Gasteiger partial charge in [-0.1, -0.05) is 0 Å². The van der Waals surface area contributed by atoms with Crippen LogP contribution in [0.5, 0.6) is 0 Å². The number of nitrogens with zero attached hydrogens (tertiary/aromatic N) is 3. The van der Waals surface area contributed by atoms with E-state index in [1.807, 2.05) is 0 Å². The molecule has 1 aromatic rings. The van der Waals surface area contributed by atoms with Gasteiger partial charge in [-0.3, -0.25) is 4.79 Å². The van der Waals surface area contributed by atoms with Crippen LogP contribution in [0.15, 0.2) is 21.3 Å². The molecule has 3 atom stereocenters. The van der Waals surface area contributed by atoms with Crippen molar-refractivity contribution in [1.29, 1.82) is 0 Å². The Morgan fingerprint density at radius 1 is 1.45 bits per heavy atom. The molecule has 162 valence electrons. The van der Waals surface area contributed by atoms with Crippen molar-refractivity contribution in [3.05, 3.63) is 12.5 Å². The molecule has 12 heteroatoms. The van der Waals surface area contributed by atoms with Crippen LogP contribution in [0.1, 0.15) is 32.1 Å². The average Bonchev–Trinajstić information content (AvgIpc) is 3.21. The Bertz CT molecular complexity index is 1020. The minimum Gasteiger partial charge on any atom is -0.375 e. The predicted molar refractivity (Wildman–Crippen MR) is 103 cm³/mol. The lowest BCUT2D eigenvalue weighted by Gasteiger charge is -2.44. The molecule has 1 saturated carbocycles. The van der Waals surface area contributed by atoms with Gasteiger partial charge in [0.05, 0.1) is 27.6 Å². The van der Waals surface area contributed by atoms with E-state index in [2.05, 4.69) is 14.1 Å². The van der Waals surface area contributed by atoms with Gasteiger partial charge in [0.25, 0.3) is 0 Å². The Balaban J connectivity index is 1.42. The van der Waals surface area contributed by atoms with Crippen LogP contribution in [-0.4, -0.2) is 64.0 Å². The number of nitrogens with one attached hydrogen (secondary N) is 1. The van der Waals surface area contributed by atoms with Crippen LogP contribution in [-0.2, 0) is 36.3 Å². The summed E-state index contributed by atoms with van der Waals surface area (Å²) >= 11 is 0. The lowest BCUT2D eigenvalue weighted by atomic mass is 9.85. The molecule has 3 unspecified atom stereocenters. The Morgan fingerprint density at radius 2 is 2.14 bits per heavy atom. The summed E-state index contributed by atoms with van der Waals surface area (Å²) in [7, 11) is -5.39. The van der Waals surface area contributed by atoms with Crippen LogP contribution in [0.4, 0.5) is 4.39 Å². The van der Waals surface area contributed by atoms with E-state index in [0.29, 0.717) is 32.3 Å². The standard InChI is InChI=1S/C17H25FN4O5S2/c1-22-10-15(19-11-22)29(25,26)21-28(24)6-3-17(4-7-28)9-12(2-5-27-17)20-16(23)13-8-14(13)18/h10-14H,2-9H2,1H3,(H,20,23). The summed E-state index contributed by atoms with van der Waals surface area (Å²) in [5.74, 6) is -0.575. The average molecular weight is 449 g/mol. The van der Waals surface area contributed by atoms with Crippen molar-refractivity contribution in [3.63, 3.8) is 0 Å². The van der Waals surface area contributed by atoms with Crippen LogP contribution >= 0.6 is 0 Å². The Hall–Kier alpha value is -1.53. The largest absolute Gasteiger partial charge is 0.375 e. The van der Waals surface area contributed by atoms with Crippen molar-refractivity contribution in [2.45, 2.75) is 54.9 Å². The first-order valence-electron chi connectivity index (χ1n) is 9.65. The first kappa shape index (κ1) is 20.7. The maximum absolute atomic E-state index is 13.1. The maximum Gasteiger partial charge on any atom is 0.309 e. The van der Waals surface area contributed by atoms with E-state index in [0.717, 1.165) is 0 Å². The van der Waals surface area contributed by atoms with Gasteiger partial charge >= 0.3 is 10.0 Å². The van der Waals surface area contributed by atoms with E-state index in [9.17, 15) is 21.8 Å². The van der Waals surface area contributed by atoms with Gasteiger partial charge in [-0.25, -0.2) is 13.6 Å². The molecular formula is C17H25FN4O5S2. The minimum absolute atomic E-state index is 0.106. The van der Waals surface area contributed by atoms with Gasteiger partial charge < -0.3 is 14.6 Å². The third kappa shape index (κ3) is 4.48. The molecule has 1 aliphatic carbocycles. The predicted octanol–water partition coefficient (Wildman–Crippen LogP) is 0.763. The summed E-state index contributed by atoms with van der Waals surface area (Å²) in [4.78, 5) is 15.8. The number of rotatable bonds is 4. The summed E-state index contributed by atoms with van der Waals surface area (Å²) in [5, 5.41) is 2.69. The van der Waals surface area contributed by atoms with Crippen molar-refractivity contribution in [3.8, 4) is 0 Å². The van der Waals surface area contributed by atoms with Crippen molar-refractivity contribution < 1.29 is 26.5 Å². The molecule has 3 aliphatic rings. The third-order valence-corrected chi connectivity index (χ3v) is 10.1. The normalized spacial score (nSPS) is 37.2. The van der Waals surface area contributed by atoms with Crippen molar-refractivity contribution in [2.24, 2.45) is 16.7 Å². The topological polar surface area (TPSA) is 120 Å². The van der Waals surface area contributed by atoms with Crippen molar-refractivity contribution in [1.82, 2.24) is 14.9 Å². The molecule has 0 bridgehead atoms. The Labute approximate surface area is 169 Å². The number of aryl methyl sites for hydroxylation is 1. The number of sulfonamides is 1. The van der Waals surface area contributed by atoms with Crippen LogP contribution in [0, 0.1) is 5.92 Å². The van der Waals surface area contributed by atoms with Crippen LogP contribution in [0.2, 0.25) is 0 Å². The van der Waals surface area contributed by atoms with E-state index in [-0.39, 0.29) is 34.9 Å². The zero-order valence-electron chi connectivity index (χ0n) is 16.1. The summed E-state index contributed by atoms with van der Waals surface area (Å²) in [6.45, 7) is 0.444. The monoisotopic (exact) mass is 448 g/mol. The molecule has 4 rings (SSSR count). The Kier molecular flexibility index (Phi) is 5.23. The van der Waals surface area contributed by atoms with E-state index < -0.39 is 37.4 Å². The lowest BCUT2D eigenvalue weighted by Crippen LogP contribution is -2.52. The lowest BCUT2D eigenvalue weighted by molar-refractivity contribution is -0.127. The first-order chi connectivity index (χ1) is 13.6. The minimum atomic E-state index is -4.09. The van der Waals surface area contributed by atoms with E-state index >= 15 is 0 Å². The number of imidazole rings is 1. The second-order valence-electron chi connectivity index (χ2n) is 8.20. The van der Waals surface area contributed by atoms with Crippen molar-refractivity contribution in [2.75, 3.05) is 18.1 Å². The number of halogens is 1. The van der Waals surface area contributed by atoms with Gasteiger partial charge in [0.1, 0.15) is 6.17 Å². The van der Waals surface area contributed by atoms with Crippen molar-refractivity contribution >= 4 is 25.7 Å². The zero-order chi connectivity index (χ0) is 20.9. The maximum atomic E-state index is 13.1. The van der Waals surface area contributed by atoms with E-state index in [1.54, 1.807) is 7.05 Å². The second-order valence-corrected chi connectivity index (χ2v) is 12.5. The fraction of sp³-hybridized carbons (Fsp3) is 0.765. The van der Waals surface area contributed by atoms with Crippen LogP contribution in [0.3, 0.4) is 0 Å². The van der Waals surface area contributed by atoms with Gasteiger partial charge in [0.15, 0.2) is 5.03 Å². The molecule has 2 aliphatic heterocycles. The molecule has 1 N–H and O–H groups in total. The number of ether oxygens (including phenoxy) is 1. The van der Waals surface area contributed by atoms with Gasteiger partial charge in [0, 0.05) is 37.4 Å².